The van der Waals surface area contributed by atoms with Crippen LogP contribution in [0.2, 0.25) is 0 Å². The number of likely N-dealkylation sites (tertiary alicyclic amines) is 2. The first-order valence-electron chi connectivity index (χ1n) is 17.9. The second-order valence-corrected chi connectivity index (χ2v) is 13.7. The van der Waals surface area contributed by atoms with Gasteiger partial charge in [-0.2, -0.15) is 0 Å². The summed E-state index contributed by atoms with van der Waals surface area (Å²) in [6.07, 6.45) is 6.35. The second-order valence-electron chi connectivity index (χ2n) is 13.7. The van der Waals surface area contributed by atoms with Gasteiger partial charge in [0.1, 0.15) is 11.6 Å². The number of imidazole rings is 2. The van der Waals surface area contributed by atoms with E-state index in [0.29, 0.717) is 31.2 Å². The molecule has 0 radical (unpaired) electrons. The highest BCUT2D eigenvalue weighted by Crippen LogP contribution is 2.39. The van der Waals surface area contributed by atoms with Crippen LogP contribution in [0.3, 0.4) is 0 Å². The van der Waals surface area contributed by atoms with Gasteiger partial charge in [0.15, 0.2) is 0 Å². The van der Waals surface area contributed by atoms with Crippen molar-refractivity contribution >= 4 is 12.2 Å². The Labute approximate surface area is 301 Å². The highest BCUT2D eigenvalue weighted by molar-refractivity contribution is 5.78. The van der Waals surface area contributed by atoms with Gasteiger partial charge in [0.2, 0.25) is 0 Å². The summed E-state index contributed by atoms with van der Waals surface area (Å²) in [6.45, 7) is 1.03. The largest absolute Gasteiger partial charge is 0.465 e. The number of benzene rings is 4. The predicted molar refractivity (Wildman–Crippen MR) is 199 cm³/mol. The highest BCUT2D eigenvalue weighted by atomic mass is 16.4. The van der Waals surface area contributed by atoms with Gasteiger partial charge in [0.25, 0.3) is 0 Å². The molecule has 52 heavy (non-hydrogen) atoms. The van der Waals surface area contributed by atoms with Crippen LogP contribution in [0.1, 0.15) is 71.7 Å². The van der Waals surface area contributed by atoms with E-state index in [-0.39, 0.29) is 12.1 Å². The molecule has 0 unspecified atom stereocenters. The van der Waals surface area contributed by atoms with Gasteiger partial charge in [-0.15, -0.1) is 0 Å². The van der Waals surface area contributed by atoms with E-state index in [2.05, 4.69) is 99.9 Å². The molecule has 4 N–H and O–H groups in total. The number of aromatic nitrogens is 4. The van der Waals surface area contributed by atoms with Gasteiger partial charge in [0.05, 0.1) is 35.9 Å². The number of hydrogen-bond acceptors (Lipinski definition) is 4. The minimum absolute atomic E-state index is 0.257. The van der Waals surface area contributed by atoms with Crippen molar-refractivity contribution < 1.29 is 19.8 Å². The van der Waals surface area contributed by atoms with Crippen molar-refractivity contribution in [1.82, 2.24) is 29.7 Å². The third-order valence-electron chi connectivity index (χ3n) is 10.5. The van der Waals surface area contributed by atoms with Gasteiger partial charge >= 0.3 is 12.2 Å². The van der Waals surface area contributed by atoms with Gasteiger partial charge in [-0.05, 0) is 77.5 Å². The molecule has 6 aromatic rings. The Balaban J connectivity index is 1.19. The van der Waals surface area contributed by atoms with Gasteiger partial charge in [-0.25, -0.2) is 19.6 Å². The molecule has 4 heterocycles. The molecule has 2 amide bonds. The number of nitrogens with zero attached hydrogens (tertiary/aromatic N) is 4. The van der Waals surface area contributed by atoms with Crippen molar-refractivity contribution in [1.29, 1.82) is 0 Å². The summed E-state index contributed by atoms with van der Waals surface area (Å²) in [5.74, 6) is 1.35. The maximum Gasteiger partial charge on any atom is 0.407 e. The van der Waals surface area contributed by atoms with E-state index in [9.17, 15) is 19.8 Å². The molecule has 0 aliphatic carbocycles. The van der Waals surface area contributed by atoms with Crippen LogP contribution in [-0.2, 0) is 12.8 Å². The van der Waals surface area contributed by atoms with E-state index in [1.807, 2.05) is 18.3 Å². The predicted octanol–water partition coefficient (Wildman–Crippen LogP) is 8.95. The summed E-state index contributed by atoms with van der Waals surface area (Å²) < 4.78 is 0. The first kappa shape index (κ1) is 33.0. The number of carboxylic acid groups (broad SMARTS) is 2. The van der Waals surface area contributed by atoms with Crippen LogP contribution in [0, 0.1) is 0 Å². The summed E-state index contributed by atoms with van der Waals surface area (Å²) in [4.78, 5) is 42.9. The van der Waals surface area contributed by atoms with Crippen LogP contribution in [0.15, 0.2) is 109 Å². The second kappa shape index (κ2) is 14.2. The summed E-state index contributed by atoms with van der Waals surface area (Å²) in [7, 11) is 0. The lowest BCUT2D eigenvalue weighted by Crippen LogP contribution is -2.29. The maximum atomic E-state index is 12.0. The number of rotatable bonds is 9. The first-order valence-corrected chi connectivity index (χ1v) is 17.9. The van der Waals surface area contributed by atoms with E-state index in [1.54, 1.807) is 6.20 Å². The van der Waals surface area contributed by atoms with Crippen molar-refractivity contribution in [3.63, 3.8) is 0 Å². The number of carbonyl (C=O) groups is 2. The van der Waals surface area contributed by atoms with Crippen molar-refractivity contribution in [3.05, 3.63) is 143 Å². The molecule has 2 aliphatic rings. The van der Waals surface area contributed by atoms with Crippen LogP contribution < -0.4 is 0 Å². The van der Waals surface area contributed by atoms with E-state index in [0.717, 1.165) is 65.7 Å². The Hall–Kier alpha value is -6.16. The standard InChI is InChI=1S/C42H40N6O4/c49-41(50)47-21-7-13-37(47)39-43-25-35(45-39)30-17-15-29(16-18-30)31-19-20-32(36-26-44-40(46-36)38-14-8-22-48(38)42(51)52)34(24-28-11-5-2-6-12-28)33(31)23-27-9-3-1-4-10-27/h1-6,9-12,15-20,25-26,37-38H,7-8,13-14,21-24H2,(H,43,45)(H,44,46)(H,49,50)(H,51,52)/t37-,38-/m0/s1. The van der Waals surface area contributed by atoms with Crippen molar-refractivity contribution in [2.24, 2.45) is 0 Å². The smallest absolute Gasteiger partial charge is 0.407 e. The molecule has 10 nitrogen and oxygen atoms in total. The molecule has 0 saturated carbocycles. The average molecular weight is 693 g/mol. The molecule has 0 spiro atoms. The lowest BCUT2D eigenvalue weighted by Gasteiger charge is -2.21. The first-order chi connectivity index (χ1) is 25.4. The van der Waals surface area contributed by atoms with Crippen LogP contribution >= 0.6 is 0 Å². The summed E-state index contributed by atoms with van der Waals surface area (Å²) in [5, 5.41) is 19.4. The number of H-pyrrole nitrogens is 2. The molecule has 2 fully saturated rings. The molecule has 2 atom stereocenters. The summed E-state index contributed by atoms with van der Waals surface area (Å²) in [6, 6.07) is 33.2. The third kappa shape index (κ3) is 6.55. The fourth-order valence-electron chi connectivity index (χ4n) is 7.90. The molecule has 2 aromatic heterocycles. The molecule has 10 heteroatoms. The van der Waals surface area contributed by atoms with Crippen molar-refractivity contribution in [3.8, 4) is 33.6 Å². The zero-order valence-electron chi connectivity index (χ0n) is 28.7. The number of hydrogen-bond donors (Lipinski definition) is 4. The molecule has 4 aromatic carbocycles. The molecular formula is C42H40N6O4. The van der Waals surface area contributed by atoms with Gasteiger partial charge in [0, 0.05) is 18.7 Å². The number of nitrogens with one attached hydrogen (secondary N) is 2. The Morgan fingerprint density at radius 3 is 1.60 bits per heavy atom. The SMILES string of the molecule is O=C(O)N1CCC[C@H]1c1ncc(-c2ccc(-c3ccc(-c4cnc([C@@H]5CCCN5C(=O)O)[nH]4)c(Cc4ccccc4)c3Cc3ccccc3)cc2)[nH]1. The Morgan fingerprint density at radius 2 is 1.06 bits per heavy atom. The number of amides is 2. The zero-order chi connectivity index (χ0) is 35.6. The van der Waals surface area contributed by atoms with E-state index in [1.165, 1.54) is 32.1 Å². The highest BCUT2D eigenvalue weighted by Gasteiger charge is 2.33. The normalized spacial score (nSPS) is 17.2. The Bertz CT molecular complexity index is 2200. The minimum Gasteiger partial charge on any atom is -0.465 e. The lowest BCUT2D eigenvalue weighted by atomic mass is 9.84. The van der Waals surface area contributed by atoms with Crippen LogP contribution in [-0.4, -0.2) is 65.2 Å². The summed E-state index contributed by atoms with van der Waals surface area (Å²) >= 11 is 0. The average Bonchev–Trinajstić information content (AvgIpc) is 4.00. The zero-order valence-corrected chi connectivity index (χ0v) is 28.7. The fraction of sp³-hybridized carbons (Fsp3) is 0.238. The molecule has 8 rings (SSSR count). The van der Waals surface area contributed by atoms with Crippen LogP contribution in [0.5, 0.6) is 0 Å². The summed E-state index contributed by atoms with van der Waals surface area (Å²) in [5.41, 5.74) is 10.7. The lowest BCUT2D eigenvalue weighted by molar-refractivity contribution is 0.138. The van der Waals surface area contributed by atoms with Gasteiger partial charge < -0.3 is 20.2 Å². The van der Waals surface area contributed by atoms with Crippen molar-refractivity contribution in [2.45, 2.75) is 50.6 Å². The Kier molecular flexibility index (Phi) is 9.03. The Morgan fingerprint density at radius 1 is 0.596 bits per heavy atom. The topological polar surface area (TPSA) is 138 Å². The molecule has 2 aliphatic heterocycles. The van der Waals surface area contributed by atoms with Gasteiger partial charge in [-0.1, -0.05) is 97.1 Å². The minimum atomic E-state index is -0.919. The van der Waals surface area contributed by atoms with Gasteiger partial charge in [-0.3, -0.25) is 9.80 Å². The van der Waals surface area contributed by atoms with E-state index in [4.69, 9.17) is 4.98 Å². The quantitative estimate of drug-likeness (QED) is 0.119. The molecule has 262 valence electrons. The van der Waals surface area contributed by atoms with E-state index < -0.39 is 12.2 Å². The van der Waals surface area contributed by atoms with E-state index >= 15 is 0 Å². The van der Waals surface area contributed by atoms with Crippen molar-refractivity contribution in [2.75, 3.05) is 13.1 Å². The van der Waals surface area contributed by atoms with Crippen LogP contribution in [0.25, 0.3) is 33.6 Å². The molecule has 2 saturated heterocycles. The third-order valence-corrected chi connectivity index (χ3v) is 10.5. The molecular weight excluding hydrogens is 652 g/mol. The number of aromatic amines is 2. The maximum absolute atomic E-state index is 12.0. The molecule has 0 bridgehead atoms. The van der Waals surface area contributed by atoms with Crippen LogP contribution in [0.4, 0.5) is 9.59 Å². The fourth-order valence-corrected chi connectivity index (χ4v) is 7.90. The monoisotopic (exact) mass is 692 g/mol.